The average Bonchev–Trinajstić information content (AvgIpc) is 3.32. The Morgan fingerprint density at radius 3 is 2.50 bits per heavy atom. The number of carboxylic acids is 1. The van der Waals surface area contributed by atoms with Gasteiger partial charge in [0.05, 0.1) is 0 Å². The lowest BCUT2D eigenvalue weighted by atomic mass is 10.2. The summed E-state index contributed by atoms with van der Waals surface area (Å²) in [5, 5.41) is 8.90. The van der Waals surface area contributed by atoms with Crippen LogP contribution in [0.15, 0.2) is 30.3 Å². The zero-order valence-electron chi connectivity index (χ0n) is 13.4. The van der Waals surface area contributed by atoms with Gasteiger partial charge < -0.3 is 14.9 Å². The van der Waals surface area contributed by atoms with E-state index in [-0.39, 0.29) is 24.4 Å². The first-order valence-corrected chi connectivity index (χ1v) is 8.15. The normalized spacial score (nSPS) is 17.5. The molecular weight excluding hydrogens is 308 g/mol. The van der Waals surface area contributed by atoms with E-state index in [1.165, 1.54) is 11.0 Å². The number of rotatable bonds is 6. The Hall–Kier alpha value is -2.63. The number of aliphatic carboxylic acids is 1. The Kier molecular flexibility index (Phi) is 4.64. The maximum Gasteiger partial charge on any atom is 0.323 e. The van der Waals surface area contributed by atoms with Crippen LogP contribution in [0.2, 0.25) is 0 Å². The lowest BCUT2D eigenvalue weighted by molar-refractivity contribution is -0.143. The summed E-state index contributed by atoms with van der Waals surface area (Å²) in [6, 6.07) is 7.49. The van der Waals surface area contributed by atoms with Gasteiger partial charge in [0.15, 0.2) is 0 Å². The predicted molar refractivity (Wildman–Crippen MR) is 89.4 cm³/mol. The molecule has 0 spiro atoms. The number of amides is 2. The Balaban J connectivity index is 1.64. The van der Waals surface area contributed by atoms with Crippen LogP contribution in [0.25, 0.3) is 6.08 Å². The van der Waals surface area contributed by atoms with Crippen molar-refractivity contribution in [2.24, 2.45) is 0 Å². The number of nitrogens with zero attached hydrogens (tertiary/aromatic N) is 2. The second-order valence-corrected chi connectivity index (χ2v) is 6.16. The molecule has 24 heavy (non-hydrogen) atoms. The van der Waals surface area contributed by atoms with Crippen LogP contribution in [0.4, 0.5) is 5.69 Å². The maximum atomic E-state index is 12.2. The van der Waals surface area contributed by atoms with Gasteiger partial charge in [-0.2, -0.15) is 0 Å². The Morgan fingerprint density at radius 1 is 1.25 bits per heavy atom. The van der Waals surface area contributed by atoms with Crippen LogP contribution in [-0.2, 0) is 14.4 Å². The summed E-state index contributed by atoms with van der Waals surface area (Å²) in [6.45, 7) is 0.488. The Labute approximate surface area is 140 Å². The molecule has 1 saturated carbocycles. The summed E-state index contributed by atoms with van der Waals surface area (Å²) >= 11 is 0. The molecule has 2 aliphatic rings. The first-order valence-electron chi connectivity index (χ1n) is 8.15. The first kappa shape index (κ1) is 16.2. The fraction of sp³-hybridized carbons (Fsp3) is 0.389. The SMILES string of the molecule is O=C(O)CN(C(=O)/C=C/c1ccc(N2CCCC2=O)cc1)C1CC1. The molecule has 0 bridgehead atoms. The number of carbonyl (C=O) groups is 3. The fourth-order valence-corrected chi connectivity index (χ4v) is 2.87. The number of benzene rings is 1. The number of hydrogen-bond acceptors (Lipinski definition) is 3. The van der Waals surface area contributed by atoms with Crippen LogP contribution in [0.1, 0.15) is 31.2 Å². The zero-order valence-corrected chi connectivity index (χ0v) is 13.4. The minimum Gasteiger partial charge on any atom is -0.480 e. The summed E-state index contributed by atoms with van der Waals surface area (Å²) in [7, 11) is 0. The molecule has 0 aromatic heterocycles. The molecule has 0 atom stereocenters. The number of carbonyl (C=O) groups excluding carboxylic acids is 2. The van der Waals surface area contributed by atoms with E-state index in [0.717, 1.165) is 37.1 Å². The van der Waals surface area contributed by atoms with Crippen molar-refractivity contribution in [3.05, 3.63) is 35.9 Å². The third kappa shape index (κ3) is 3.82. The highest BCUT2D eigenvalue weighted by molar-refractivity contribution is 5.96. The van der Waals surface area contributed by atoms with E-state index < -0.39 is 5.97 Å². The van der Waals surface area contributed by atoms with Gasteiger partial charge in [0, 0.05) is 30.8 Å². The van der Waals surface area contributed by atoms with E-state index in [9.17, 15) is 14.4 Å². The summed E-state index contributed by atoms with van der Waals surface area (Å²) in [5.74, 6) is -1.14. The number of hydrogen-bond donors (Lipinski definition) is 1. The van der Waals surface area contributed by atoms with Crippen LogP contribution in [0, 0.1) is 0 Å². The summed E-state index contributed by atoms with van der Waals surface area (Å²) < 4.78 is 0. The monoisotopic (exact) mass is 328 g/mol. The summed E-state index contributed by atoms with van der Waals surface area (Å²) in [5.41, 5.74) is 1.70. The summed E-state index contributed by atoms with van der Waals surface area (Å²) in [6.07, 6.45) is 6.30. The molecule has 2 fully saturated rings. The van der Waals surface area contributed by atoms with E-state index in [4.69, 9.17) is 5.11 Å². The van der Waals surface area contributed by atoms with E-state index in [1.807, 2.05) is 24.3 Å². The van der Waals surface area contributed by atoms with Gasteiger partial charge in [0.25, 0.3) is 0 Å². The lowest BCUT2D eigenvalue weighted by Gasteiger charge is -2.18. The molecule has 1 N–H and O–H groups in total. The molecule has 3 rings (SSSR count). The molecule has 1 aliphatic carbocycles. The largest absolute Gasteiger partial charge is 0.480 e. The van der Waals surface area contributed by atoms with Gasteiger partial charge in [0.1, 0.15) is 6.54 Å². The number of carboxylic acid groups (broad SMARTS) is 1. The van der Waals surface area contributed by atoms with Crippen molar-refractivity contribution in [1.82, 2.24) is 4.90 Å². The van der Waals surface area contributed by atoms with Crippen molar-refractivity contribution in [3.8, 4) is 0 Å². The van der Waals surface area contributed by atoms with Gasteiger partial charge in [-0.25, -0.2) is 0 Å². The third-order valence-electron chi connectivity index (χ3n) is 4.27. The molecule has 0 radical (unpaired) electrons. The molecule has 6 nitrogen and oxygen atoms in total. The quantitative estimate of drug-likeness (QED) is 0.809. The van der Waals surface area contributed by atoms with Gasteiger partial charge >= 0.3 is 5.97 Å². The van der Waals surface area contributed by atoms with E-state index in [2.05, 4.69) is 0 Å². The maximum absolute atomic E-state index is 12.2. The zero-order chi connectivity index (χ0) is 17.1. The van der Waals surface area contributed by atoms with Gasteiger partial charge in [0.2, 0.25) is 11.8 Å². The second-order valence-electron chi connectivity index (χ2n) is 6.16. The van der Waals surface area contributed by atoms with Crippen molar-refractivity contribution >= 4 is 29.5 Å². The third-order valence-corrected chi connectivity index (χ3v) is 4.27. The van der Waals surface area contributed by atoms with Crippen LogP contribution in [0.5, 0.6) is 0 Å². The molecule has 1 aromatic rings. The molecular formula is C18H20N2O4. The van der Waals surface area contributed by atoms with Crippen molar-refractivity contribution in [3.63, 3.8) is 0 Å². The molecule has 6 heteroatoms. The van der Waals surface area contributed by atoms with Crippen molar-refractivity contribution in [2.45, 2.75) is 31.7 Å². The topological polar surface area (TPSA) is 77.9 Å². The number of anilines is 1. The molecule has 1 aromatic carbocycles. The molecule has 1 saturated heterocycles. The minimum absolute atomic E-state index is 0.0572. The molecule has 126 valence electrons. The second kappa shape index (κ2) is 6.86. The van der Waals surface area contributed by atoms with Crippen molar-refractivity contribution in [1.29, 1.82) is 0 Å². The summed E-state index contributed by atoms with van der Waals surface area (Å²) in [4.78, 5) is 37.9. The smallest absolute Gasteiger partial charge is 0.323 e. The van der Waals surface area contributed by atoms with E-state index in [0.29, 0.717) is 6.42 Å². The van der Waals surface area contributed by atoms with Gasteiger partial charge in [-0.05, 0) is 43.0 Å². The standard InChI is InChI=1S/C18H20N2O4/c21-16-2-1-11-19(16)14-6-3-13(4-7-14)5-10-17(22)20(12-18(23)24)15-8-9-15/h3-7,10,15H,1-2,8-9,11-12H2,(H,23,24)/b10-5+. The molecule has 2 amide bonds. The highest BCUT2D eigenvalue weighted by atomic mass is 16.4. The molecule has 1 heterocycles. The minimum atomic E-state index is -0.997. The van der Waals surface area contributed by atoms with Gasteiger partial charge in [-0.3, -0.25) is 14.4 Å². The van der Waals surface area contributed by atoms with Crippen molar-refractivity contribution < 1.29 is 19.5 Å². The molecule has 0 unspecified atom stereocenters. The van der Waals surface area contributed by atoms with Crippen LogP contribution < -0.4 is 4.90 Å². The predicted octanol–water partition coefficient (Wildman–Crippen LogP) is 1.90. The highest BCUT2D eigenvalue weighted by Gasteiger charge is 2.32. The van der Waals surface area contributed by atoms with Crippen LogP contribution in [0.3, 0.4) is 0 Å². The Bertz CT molecular complexity index is 677. The highest BCUT2D eigenvalue weighted by Crippen LogP contribution is 2.27. The van der Waals surface area contributed by atoms with Crippen LogP contribution >= 0.6 is 0 Å². The van der Waals surface area contributed by atoms with E-state index in [1.54, 1.807) is 11.0 Å². The van der Waals surface area contributed by atoms with Gasteiger partial charge in [-0.1, -0.05) is 12.1 Å². The fourth-order valence-electron chi connectivity index (χ4n) is 2.87. The van der Waals surface area contributed by atoms with Crippen molar-refractivity contribution in [2.75, 3.05) is 18.0 Å². The van der Waals surface area contributed by atoms with Gasteiger partial charge in [-0.15, -0.1) is 0 Å². The molecule has 1 aliphatic heterocycles. The Morgan fingerprint density at radius 2 is 1.96 bits per heavy atom. The first-order chi connectivity index (χ1) is 11.5. The average molecular weight is 328 g/mol. The lowest BCUT2D eigenvalue weighted by Crippen LogP contribution is -2.36. The van der Waals surface area contributed by atoms with Crippen LogP contribution in [-0.4, -0.2) is 46.9 Å². The van der Waals surface area contributed by atoms with E-state index >= 15 is 0 Å².